The fraction of sp³-hybridized carbons (Fsp3) is 0.0714. The summed E-state index contributed by atoms with van der Waals surface area (Å²) in [6.07, 6.45) is 0. The second kappa shape index (κ2) is 10.1. The molecule has 1 aliphatic rings. The third-order valence-electron chi connectivity index (χ3n) is 9.33. The van der Waals surface area contributed by atoms with Crippen LogP contribution in [0.2, 0.25) is 0 Å². The highest BCUT2D eigenvalue weighted by Gasteiger charge is 2.37. The second-order valence-electron chi connectivity index (χ2n) is 12.5. The van der Waals surface area contributed by atoms with Crippen molar-refractivity contribution in [1.29, 1.82) is 0 Å². The lowest BCUT2D eigenvalue weighted by molar-refractivity contribution is 0.656. The van der Waals surface area contributed by atoms with E-state index >= 15 is 0 Å². The van der Waals surface area contributed by atoms with Crippen molar-refractivity contribution >= 4 is 21.9 Å². The Morgan fingerprint density at radius 2 is 1.02 bits per heavy atom. The molecule has 2 aromatic heterocycles. The molecule has 9 rings (SSSR count). The van der Waals surface area contributed by atoms with Gasteiger partial charge in [-0.05, 0) is 57.6 Å². The average molecular weight is 592 g/mol. The van der Waals surface area contributed by atoms with Crippen molar-refractivity contribution in [3.05, 3.63) is 151 Å². The monoisotopic (exact) mass is 591 g/mol. The molecule has 0 saturated carbocycles. The Kier molecular flexibility index (Phi) is 5.81. The molecule has 0 radical (unpaired) electrons. The minimum Gasteiger partial charge on any atom is -0.456 e. The van der Waals surface area contributed by atoms with Crippen LogP contribution in [0, 0.1) is 0 Å². The van der Waals surface area contributed by atoms with Gasteiger partial charge in [-0.2, -0.15) is 0 Å². The zero-order valence-corrected chi connectivity index (χ0v) is 25.5. The number of benzene rings is 6. The lowest BCUT2D eigenvalue weighted by atomic mass is 9.82. The van der Waals surface area contributed by atoms with Gasteiger partial charge in [-0.15, -0.1) is 0 Å². The Hall–Kier alpha value is -5.87. The third-order valence-corrected chi connectivity index (χ3v) is 9.33. The minimum atomic E-state index is -0.0720. The van der Waals surface area contributed by atoms with Gasteiger partial charge >= 0.3 is 0 Å². The molecule has 0 unspecified atom stereocenters. The zero-order chi connectivity index (χ0) is 30.8. The fourth-order valence-corrected chi connectivity index (χ4v) is 7.02. The Bertz CT molecular complexity index is 2380. The van der Waals surface area contributed by atoms with Gasteiger partial charge in [0, 0.05) is 32.9 Å². The number of nitrogens with zero attached hydrogens (tertiary/aromatic N) is 3. The lowest BCUT2D eigenvalue weighted by Gasteiger charge is -2.21. The maximum absolute atomic E-state index is 6.43. The predicted molar refractivity (Wildman–Crippen MR) is 186 cm³/mol. The lowest BCUT2D eigenvalue weighted by Crippen LogP contribution is -2.14. The summed E-state index contributed by atoms with van der Waals surface area (Å²) >= 11 is 0. The summed E-state index contributed by atoms with van der Waals surface area (Å²) < 4.78 is 6.43. The van der Waals surface area contributed by atoms with Crippen LogP contribution in [0.15, 0.2) is 144 Å². The molecule has 0 amide bonds. The molecule has 4 heteroatoms. The van der Waals surface area contributed by atoms with Crippen molar-refractivity contribution in [3.63, 3.8) is 0 Å². The smallest absolute Gasteiger partial charge is 0.164 e. The molecule has 0 spiro atoms. The normalized spacial score (nSPS) is 13.2. The molecule has 0 bridgehead atoms. The number of furan rings is 1. The number of rotatable bonds is 4. The summed E-state index contributed by atoms with van der Waals surface area (Å²) in [5, 5.41) is 2.31. The van der Waals surface area contributed by atoms with Gasteiger partial charge in [0.1, 0.15) is 11.2 Å². The second-order valence-corrected chi connectivity index (χ2v) is 12.5. The SMILES string of the molecule is CC1(C)c2ccccc2-c2c1ccc1oc3ccc(-c4cccc(-c5nc(-c6ccccc6)nc(-c6ccccc6)n5)c4)cc3c21. The van der Waals surface area contributed by atoms with Crippen molar-refractivity contribution < 1.29 is 4.42 Å². The minimum absolute atomic E-state index is 0.0720. The summed E-state index contributed by atoms with van der Waals surface area (Å²) in [6.45, 7) is 4.63. The molecule has 0 N–H and O–H groups in total. The molecule has 8 aromatic rings. The van der Waals surface area contributed by atoms with Gasteiger partial charge in [-0.25, -0.2) is 15.0 Å². The van der Waals surface area contributed by atoms with Crippen LogP contribution >= 0.6 is 0 Å². The van der Waals surface area contributed by atoms with E-state index in [-0.39, 0.29) is 5.41 Å². The largest absolute Gasteiger partial charge is 0.456 e. The zero-order valence-electron chi connectivity index (χ0n) is 25.5. The quantitative estimate of drug-likeness (QED) is 0.204. The molecule has 0 saturated heterocycles. The van der Waals surface area contributed by atoms with E-state index in [1.165, 1.54) is 27.6 Å². The molecule has 6 aromatic carbocycles. The van der Waals surface area contributed by atoms with E-state index in [1.807, 2.05) is 60.7 Å². The van der Waals surface area contributed by atoms with Crippen molar-refractivity contribution in [2.75, 3.05) is 0 Å². The molecule has 1 aliphatic carbocycles. The fourth-order valence-electron chi connectivity index (χ4n) is 7.02. The first-order valence-corrected chi connectivity index (χ1v) is 15.6. The van der Waals surface area contributed by atoms with Crippen molar-refractivity contribution in [2.24, 2.45) is 0 Å². The van der Waals surface area contributed by atoms with E-state index < -0.39 is 0 Å². The molecule has 2 heterocycles. The number of fused-ring (bicyclic) bond motifs is 7. The first-order valence-electron chi connectivity index (χ1n) is 15.6. The Labute approximate surface area is 267 Å². The molecule has 0 atom stereocenters. The van der Waals surface area contributed by atoms with E-state index in [9.17, 15) is 0 Å². The van der Waals surface area contributed by atoms with Crippen LogP contribution in [0.4, 0.5) is 0 Å². The molecule has 4 nitrogen and oxygen atoms in total. The van der Waals surface area contributed by atoms with Crippen LogP contribution in [0.25, 0.3) is 78.4 Å². The van der Waals surface area contributed by atoms with Gasteiger partial charge in [0.25, 0.3) is 0 Å². The van der Waals surface area contributed by atoms with Crippen LogP contribution in [-0.2, 0) is 5.41 Å². The summed E-state index contributed by atoms with van der Waals surface area (Å²) in [5.74, 6) is 1.94. The van der Waals surface area contributed by atoms with Gasteiger partial charge in [0.2, 0.25) is 0 Å². The highest BCUT2D eigenvalue weighted by Crippen LogP contribution is 2.53. The molecule has 0 aliphatic heterocycles. The van der Waals surface area contributed by atoms with Gasteiger partial charge in [0.05, 0.1) is 0 Å². The first-order chi connectivity index (χ1) is 22.5. The summed E-state index contributed by atoms with van der Waals surface area (Å²) in [5.41, 5.74) is 12.1. The van der Waals surface area contributed by atoms with Crippen LogP contribution in [-0.4, -0.2) is 15.0 Å². The Morgan fingerprint density at radius 1 is 0.457 bits per heavy atom. The summed E-state index contributed by atoms with van der Waals surface area (Å²) in [4.78, 5) is 14.8. The van der Waals surface area contributed by atoms with Gasteiger partial charge < -0.3 is 4.42 Å². The molecular weight excluding hydrogens is 562 g/mol. The van der Waals surface area contributed by atoms with E-state index in [0.717, 1.165) is 44.4 Å². The van der Waals surface area contributed by atoms with Crippen LogP contribution < -0.4 is 0 Å². The Morgan fingerprint density at radius 3 is 1.74 bits per heavy atom. The molecule has 0 fully saturated rings. The molecular formula is C42H29N3O. The van der Waals surface area contributed by atoms with Crippen LogP contribution in [0.1, 0.15) is 25.0 Å². The topological polar surface area (TPSA) is 51.8 Å². The number of aromatic nitrogens is 3. The van der Waals surface area contributed by atoms with E-state index in [1.54, 1.807) is 0 Å². The van der Waals surface area contributed by atoms with Crippen molar-refractivity contribution in [2.45, 2.75) is 19.3 Å². The van der Waals surface area contributed by atoms with Crippen LogP contribution in [0.3, 0.4) is 0 Å². The van der Waals surface area contributed by atoms with E-state index in [0.29, 0.717) is 17.5 Å². The van der Waals surface area contributed by atoms with Gasteiger partial charge in [0.15, 0.2) is 17.5 Å². The third kappa shape index (κ3) is 4.11. The number of hydrogen-bond donors (Lipinski definition) is 0. The highest BCUT2D eigenvalue weighted by molar-refractivity contribution is 6.15. The van der Waals surface area contributed by atoms with Crippen molar-refractivity contribution in [1.82, 2.24) is 15.0 Å². The summed E-state index contributed by atoms with van der Waals surface area (Å²) in [7, 11) is 0. The predicted octanol–water partition coefficient (Wildman–Crippen LogP) is 10.7. The van der Waals surface area contributed by atoms with Crippen LogP contribution in [0.5, 0.6) is 0 Å². The van der Waals surface area contributed by atoms with E-state index in [4.69, 9.17) is 19.4 Å². The van der Waals surface area contributed by atoms with E-state index in [2.05, 4.69) is 92.7 Å². The maximum atomic E-state index is 6.43. The Balaban J connectivity index is 1.20. The molecule has 46 heavy (non-hydrogen) atoms. The molecule has 218 valence electrons. The maximum Gasteiger partial charge on any atom is 0.164 e. The standard InChI is InChI=1S/C42H29N3O/c1-42(2)33-19-10-9-18-31(33)37-34(42)21-23-36-38(37)32-25-29(20-22-35(32)46-36)28-16-11-17-30(24-28)41-44-39(26-12-5-3-6-13-26)43-40(45-41)27-14-7-4-8-15-27/h3-25H,1-2H3. The number of hydrogen-bond acceptors (Lipinski definition) is 4. The summed E-state index contributed by atoms with van der Waals surface area (Å²) in [6, 6.07) is 48.3. The average Bonchev–Trinajstić information content (AvgIpc) is 3.60. The van der Waals surface area contributed by atoms with Gasteiger partial charge in [-0.3, -0.25) is 0 Å². The van der Waals surface area contributed by atoms with Crippen molar-refractivity contribution in [3.8, 4) is 56.4 Å². The first kappa shape index (κ1) is 26.5. The highest BCUT2D eigenvalue weighted by atomic mass is 16.3. The van der Waals surface area contributed by atoms with Gasteiger partial charge in [-0.1, -0.05) is 129 Å².